The molecule has 2 aliphatic heterocycles. The molecule has 2 N–H and O–H groups in total. The fourth-order valence-electron chi connectivity index (χ4n) is 10.9. The molecule has 7 aromatic rings. The summed E-state index contributed by atoms with van der Waals surface area (Å²) in [4.78, 5) is 19.0. The number of unbranched alkanes of at least 4 members (excludes halogenated alkanes) is 7. The van der Waals surface area contributed by atoms with Gasteiger partial charge in [-0.3, -0.25) is 0 Å². The highest BCUT2D eigenvalue weighted by Gasteiger charge is 2.21. The average Bonchev–Trinajstić information content (AvgIpc) is 1.95. The van der Waals surface area contributed by atoms with Gasteiger partial charge >= 0.3 is 0 Å². The first-order chi connectivity index (χ1) is 40.0. The van der Waals surface area contributed by atoms with Crippen LogP contribution in [-0.2, 0) is 0 Å². The fourth-order valence-corrected chi connectivity index (χ4v) is 10.9. The van der Waals surface area contributed by atoms with Crippen molar-refractivity contribution in [2.45, 2.75) is 77.6 Å². The molecule has 460 valence electrons. The Hall–Kier alpha value is -5.25. The number of quaternary nitrogens is 3. The molecule has 0 saturated heterocycles. The molecule has 0 amide bonds. The van der Waals surface area contributed by atoms with Crippen molar-refractivity contribution in [1.29, 1.82) is 0 Å². The second-order valence-electron chi connectivity index (χ2n) is 25.6. The van der Waals surface area contributed by atoms with E-state index in [1.807, 2.05) is 0 Å². The predicted octanol–water partition coefficient (Wildman–Crippen LogP) is 7.28. The van der Waals surface area contributed by atoms with Crippen LogP contribution in [0.15, 0.2) is 121 Å². The molecule has 5 heterocycles. The van der Waals surface area contributed by atoms with Crippen molar-refractivity contribution in [1.82, 2.24) is 19.9 Å². The highest BCUT2D eigenvalue weighted by molar-refractivity contribution is 6.00. The second-order valence-corrected chi connectivity index (χ2v) is 25.6. The van der Waals surface area contributed by atoms with Crippen LogP contribution in [0, 0.1) is 0 Å². The van der Waals surface area contributed by atoms with Gasteiger partial charge < -0.3 is 114 Å². The summed E-state index contributed by atoms with van der Waals surface area (Å²) >= 11 is 0. The van der Waals surface area contributed by atoms with Gasteiger partial charge in [0.25, 0.3) is 0 Å². The molecule has 0 spiro atoms. The number of aromatic nitrogens is 4. The molecule has 11 nitrogen and oxygen atoms in total. The van der Waals surface area contributed by atoms with Crippen molar-refractivity contribution in [3.63, 3.8) is 0 Å². The lowest BCUT2D eigenvalue weighted by Gasteiger charge is -2.23. The molecule has 0 radical (unpaired) electrons. The number of hydrogen-bond acceptors (Lipinski definition) is 6. The summed E-state index contributed by atoms with van der Waals surface area (Å²) in [5.41, 5.74) is 15.1. The van der Waals surface area contributed by atoms with Gasteiger partial charge in [-0.15, -0.1) is 0 Å². The van der Waals surface area contributed by atoms with Crippen LogP contribution >= 0.6 is 0 Å². The summed E-state index contributed by atoms with van der Waals surface area (Å²) in [6, 6.07) is 42.7. The van der Waals surface area contributed by atoms with Gasteiger partial charge in [0.05, 0.1) is 132 Å². The number of aromatic amines is 2. The smallest absolute Gasteiger partial charge is 0.119 e. The third-order valence-corrected chi connectivity index (χ3v) is 15.3. The van der Waals surface area contributed by atoms with E-state index in [0.29, 0.717) is 26.4 Å². The van der Waals surface area contributed by atoms with E-state index in [1.165, 1.54) is 44.9 Å². The van der Waals surface area contributed by atoms with Gasteiger partial charge in [0.1, 0.15) is 23.0 Å². The van der Waals surface area contributed by atoms with Crippen LogP contribution in [0.3, 0.4) is 0 Å². The van der Waals surface area contributed by atoms with Crippen molar-refractivity contribution in [2.75, 3.05) is 109 Å². The normalized spacial score (nSPS) is 12.1. The van der Waals surface area contributed by atoms with Gasteiger partial charge in [0, 0.05) is 63.6 Å². The zero-order valence-corrected chi connectivity index (χ0v) is 59.1. The summed E-state index contributed by atoms with van der Waals surface area (Å²) in [5.74, 6) is 3.40. The van der Waals surface area contributed by atoms with E-state index in [2.05, 4.69) is 226 Å². The standard InChI is InChI=1S/C72H92N7O4.3HI/c1-11-12-13-14-15-16-17-18-49-80-57-30-22-53(23-31-57)69-61-38-40-63(73-61)70(54-24-32-58(33-25-54)81-50-19-46-77(2,3)4)65-42-44-67(75-65)72(56-28-36-60(37-29-56)83-52-21-48-79(8,9)10)68-45-43-66(76-68)71(64-41-39-62(69)74-64)55-26-34-59(35-27-55)82-51-20-47-78(5,6)7;;;/h22-45,75-76H,11-21,46-52H2,1-10H3;3*1H/q+3;;;/p-3. The minimum Gasteiger partial charge on any atom is -1.00 e. The van der Waals surface area contributed by atoms with E-state index >= 15 is 0 Å². The summed E-state index contributed by atoms with van der Waals surface area (Å²) in [5, 5.41) is 0. The van der Waals surface area contributed by atoms with Gasteiger partial charge in [-0.1, -0.05) is 100 Å². The topological polar surface area (TPSA) is 94.3 Å². The van der Waals surface area contributed by atoms with Crippen molar-refractivity contribution < 1.29 is 104 Å². The lowest BCUT2D eigenvalue weighted by molar-refractivity contribution is -0.870. The number of hydrogen-bond donors (Lipinski definition) is 2. The lowest BCUT2D eigenvalue weighted by Crippen LogP contribution is -3.00. The zero-order valence-electron chi connectivity index (χ0n) is 52.6. The van der Waals surface area contributed by atoms with E-state index in [9.17, 15) is 0 Å². The second kappa shape index (κ2) is 32.8. The SMILES string of the molecule is CCCCCCCCCCOc1ccc(-c2c3nc(c(-c4ccc(OCCC[N+](C)(C)C)cc4)c4ccc([nH]4)c(-c4ccc(OCCC[N+](C)(C)C)cc4)c4ccc([nH]4)c(-c4ccc(OCCC[N+](C)(C)C)cc4)c4nc2C=C4)C=C3)cc1.[I-].[I-].[I-]. The Labute approximate surface area is 564 Å². The van der Waals surface area contributed by atoms with E-state index < -0.39 is 0 Å². The number of fused-ring (bicyclic) bond motifs is 8. The molecule has 0 fully saturated rings. The number of nitrogens with one attached hydrogen (secondary N) is 2. The van der Waals surface area contributed by atoms with Gasteiger partial charge in [0.2, 0.25) is 0 Å². The maximum Gasteiger partial charge on any atom is 0.119 e. The zero-order chi connectivity index (χ0) is 58.4. The molecule has 86 heavy (non-hydrogen) atoms. The van der Waals surface area contributed by atoms with Crippen molar-refractivity contribution in [3.8, 4) is 67.5 Å². The van der Waals surface area contributed by atoms with Crippen molar-refractivity contribution in [3.05, 3.63) is 144 Å². The Balaban J connectivity index is 0.00000394. The van der Waals surface area contributed by atoms with E-state index in [0.717, 1.165) is 171 Å². The summed E-state index contributed by atoms with van der Waals surface area (Å²) < 4.78 is 28.0. The maximum absolute atomic E-state index is 6.35. The third-order valence-electron chi connectivity index (χ3n) is 15.3. The number of nitrogens with zero attached hydrogens (tertiary/aromatic N) is 5. The Morgan fingerprint density at radius 1 is 0.302 bits per heavy atom. The first kappa shape index (κ1) is 69.8. The monoisotopic (exact) mass is 1500 g/mol. The van der Waals surface area contributed by atoms with E-state index in [1.54, 1.807) is 0 Å². The number of H-pyrrole nitrogens is 2. The Morgan fingerprint density at radius 3 is 0.872 bits per heavy atom. The largest absolute Gasteiger partial charge is 1.00 e. The van der Waals surface area contributed by atoms with Crippen LogP contribution in [0.4, 0.5) is 0 Å². The lowest BCUT2D eigenvalue weighted by atomic mass is 10.0. The fraction of sp³-hybridized carbons (Fsp3) is 0.389. The van der Waals surface area contributed by atoms with Crippen LogP contribution in [-0.4, -0.2) is 143 Å². The molecule has 0 aliphatic carbocycles. The number of halogens is 3. The Bertz CT molecular complexity index is 3320. The first-order valence-corrected chi connectivity index (χ1v) is 30.5. The summed E-state index contributed by atoms with van der Waals surface area (Å²) in [7, 11) is 19.9. The van der Waals surface area contributed by atoms with Gasteiger partial charge in [-0.2, -0.15) is 0 Å². The molecule has 9 rings (SSSR count). The van der Waals surface area contributed by atoms with E-state index in [4.69, 9.17) is 28.9 Å². The quantitative estimate of drug-likeness (QED) is 0.0291. The molecule has 3 aromatic heterocycles. The van der Waals surface area contributed by atoms with Gasteiger partial charge in [-0.25, -0.2) is 9.97 Å². The Morgan fingerprint density at radius 2 is 0.558 bits per heavy atom. The number of benzene rings is 4. The maximum atomic E-state index is 6.35. The minimum absolute atomic E-state index is 0. The predicted molar refractivity (Wildman–Crippen MR) is 348 cm³/mol. The molecular weight excluding hydrogens is 1410 g/mol. The minimum atomic E-state index is 0. The number of ether oxygens (including phenoxy) is 4. The van der Waals surface area contributed by atoms with Gasteiger partial charge in [0.15, 0.2) is 0 Å². The average molecular weight is 1500 g/mol. The summed E-state index contributed by atoms with van der Waals surface area (Å²) in [6.45, 7) is 8.05. The number of rotatable bonds is 29. The first-order valence-electron chi connectivity index (χ1n) is 30.5. The molecule has 14 heteroatoms. The highest BCUT2D eigenvalue weighted by atomic mass is 127. The van der Waals surface area contributed by atoms with Crippen molar-refractivity contribution in [2.24, 2.45) is 0 Å². The molecule has 0 unspecified atom stereocenters. The van der Waals surface area contributed by atoms with Crippen molar-refractivity contribution >= 4 is 46.4 Å². The van der Waals surface area contributed by atoms with Crippen LogP contribution in [0.5, 0.6) is 23.0 Å². The summed E-state index contributed by atoms with van der Waals surface area (Å²) in [6.07, 6.45) is 21.6. The highest BCUT2D eigenvalue weighted by Crippen LogP contribution is 2.40. The molecule has 0 atom stereocenters. The Kier molecular flexibility index (Phi) is 26.7. The molecular formula is C72H92I3N7O4. The molecule has 4 aromatic carbocycles. The third kappa shape index (κ3) is 20.1. The van der Waals surface area contributed by atoms with Crippen LogP contribution in [0.1, 0.15) is 100 Å². The van der Waals surface area contributed by atoms with Crippen LogP contribution in [0.25, 0.3) is 90.9 Å². The molecule has 8 bridgehead atoms. The molecule has 2 aliphatic rings. The van der Waals surface area contributed by atoms with Crippen LogP contribution in [0.2, 0.25) is 0 Å². The van der Waals surface area contributed by atoms with E-state index in [-0.39, 0.29) is 71.9 Å². The van der Waals surface area contributed by atoms with Gasteiger partial charge in [-0.05, 0) is 126 Å². The molecule has 0 saturated carbocycles. The van der Waals surface area contributed by atoms with Crippen LogP contribution < -0.4 is 90.9 Å².